The van der Waals surface area contributed by atoms with Gasteiger partial charge >= 0.3 is 0 Å². The van der Waals surface area contributed by atoms with Gasteiger partial charge in [0.15, 0.2) is 0 Å². The molecule has 1 heterocycles. The van der Waals surface area contributed by atoms with E-state index in [0.29, 0.717) is 0 Å². The lowest BCUT2D eigenvalue weighted by Crippen LogP contribution is -2.50. The topological polar surface area (TPSA) is 29.3 Å². The summed E-state index contributed by atoms with van der Waals surface area (Å²) in [6.07, 6.45) is 6.60. The highest BCUT2D eigenvalue weighted by atomic mass is 15.2. The monoisotopic (exact) mass is 182 g/mol. The molecule has 0 spiro atoms. The molecule has 2 fully saturated rings. The lowest BCUT2D eigenvalue weighted by atomic mass is 9.96. The van der Waals surface area contributed by atoms with Crippen LogP contribution in [0.1, 0.15) is 46.0 Å². The summed E-state index contributed by atoms with van der Waals surface area (Å²) in [7, 11) is 0. The van der Waals surface area contributed by atoms with Crippen LogP contribution >= 0.6 is 0 Å². The summed E-state index contributed by atoms with van der Waals surface area (Å²) in [6, 6.07) is 1.51. The maximum atomic E-state index is 6.16. The van der Waals surface area contributed by atoms with Crippen molar-refractivity contribution < 1.29 is 0 Å². The molecule has 1 aliphatic carbocycles. The molecule has 0 amide bonds. The SMILES string of the molecule is C[C@@H]1CCC[C@H](C)N1CC1(N)CC1. The minimum absolute atomic E-state index is 0.194. The zero-order chi connectivity index (χ0) is 9.47. The first kappa shape index (κ1) is 9.47. The van der Waals surface area contributed by atoms with Crippen LogP contribution in [0.4, 0.5) is 0 Å². The van der Waals surface area contributed by atoms with Gasteiger partial charge in [0.1, 0.15) is 0 Å². The molecule has 76 valence electrons. The Kier molecular flexibility index (Phi) is 2.37. The normalized spacial score (nSPS) is 39.0. The van der Waals surface area contributed by atoms with Gasteiger partial charge in [-0.15, -0.1) is 0 Å². The molecule has 0 aromatic carbocycles. The number of likely N-dealkylation sites (tertiary alicyclic amines) is 1. The molecular weight excluding hydrogens is 160 g/mol. The third-order valence-electron chi connectivity index (χ3n) is 3.77. The van der Waals surface area contributed by atoms with E-state index in [2.05, 4.69) is 18.7 Å². The summed E-state index contributed by atoms with van der Waals surface area (Å²) in [4.78, 5) is 2.62. The van der Waals surface area contributed by atoms with Crippen LogP contribution in [-0.2, 0) is 0 Å². The average molecular weight is 182 g/mol. The Hall–Kier alpha value is -0.0800. The van der Waals surface area contributed by atoms with Crippen LogP contribution in [0, 0.1) is 0 Å². The van der Waals surface area contributed by atoms with Crippen LogP contribution in [0.2, 0.25) is 0 Å². The lowest BCUT2D eigenvalue weighted by molar-refractivity contribution is 0.0928. The number of nitrogens with zero attached hydrogens (tertiary/aromatic N) is 1. The molecule has 2 rings (SSSR count). The molecule has 2 N–H and O–H groups in total. The maximum Gasteiger partial charge on any atom is 0.0285 e. The summed E-state index contributed by atoms with van der Waals surface area (Å²) in [6.45, 7) is 5.83. The van der Waals surface area contributed by atoms with Crippen molar-refractivity contribution in [2.24, 2.45) is 5.73 Å². The van der Waals surface area contributed by atoms with Crippen molar-refractivity contribution in [3.63, 3.8) is 0 Å². The molecule has 0 aromatic heterocycles. The first-order chi connectivity index (χ1) is 6.11. The standard InChI is InChI=1S/C11H22N2/c1-9-4-3-5-10(2)13(9)8-11(12)6-7-11/h9-10H,3-8,12H2,1-2H3/t9-,10+. The fourth-order valence-corrected chi connectivity index (χ4v) is 2.47. The number of hydrogen-bond donors (Lipinski definition) is 1. The van der Waals surface area contributed by atoms with Crippen molar-refractivity contribution in [2.75, 3.05) is 6.54 Å². The van der Waals surface area contributed by atoms with E-state index in [1.807, 2.05) is 0 Å². The van der Waals surface area contributed by atoms with Crippen LogP contribution < -0.4 is 5.73 Å². The van der Waals surface area contributed by atoms with Gasteiger partial charge in [-0.1, -0.05) is 6.42 Å². The minimum atomic E-state index is 0.194. The second kappa shape index (κ2) is 3.25. The molecule has 0 radical (unpaired) electrons. The first-order valence-electron chi connectivity index (χ1n) is 5.65. The second-order valence-electron chi connectivity index (χ2n) is 5.16. The van der Waals surface area contributed by atoms with Crippen molar-refractivity contribution in [1.82, 2.24) is 4.90 Å². The van der Waals surface area contributed by atoms with Crippen molar-refractivity contribution in [3.8, 4) is 0 Å². The quantitative estimate of drug-likeness (QED) is 0.705. The molecule has 0 unspecified atom stereocenters. The summed E-state index contributed by atoms with van der Waals surface area (Å²) in [5.74, 6) is 0. The lowest BCUT2D eigenvalue weighted by Gasteiger charge is -2.40. The van der Waals surface area contributed by atoms with Crippen LogP contribution in [0.15, 0.2) is 0 Å². The summed E-state index contributed by atoms with van der Waals surface area (Å²) in [5.41, 5.74) is 6.35. The molecule has 2 nitrogen and oxygen atoms in total. The number of hydrogen-bond acceptors (Lipinski definition) is 2. The molecule has 2 atom stereocenters. The Balaban J connectivity index is 1.93. The van der Waals surface area contributed by atoms with E-state index in [9.17, 15) is 0 Å². The van der Waals surface area contributed by atoms with E-state index in [1.165, 1.54) is 32.1 Å². The predicted molar refractivity (Wildman–Crippen MR) is 55.6 cm³/mol. The van der Waals surface area contributed by atoms with E-state index in [4.69, 9.17) is 5.73 Å². The summed E-state index contributed by atoms with van der Waals surface area (Å²) >= 11 is 0. The van der Waals surface area contributed by atoms with Crippen LogP contribution in [0.25, 0.3) is 0 Å². The molecule has 2 heteroatoms. The minimum Gasteiger partial charge on any atom is -0.324 e. The Morgan fingerprint density at radius 3 is 2.23 bits per heavy atom. The molecule has 1 saturated heterocycles. The molecule has 0 bridgehead atoms. The fourth-order valence-electron chi connectivity index (χ4n) is 2.47. The van der Waals surface area contributed by atoms with Gasteiger partial charge in [-0.05, 0) is 39.5 Å². The summed E-state index contributed by atoms with van der Waals surface area (Å²) in [5, 5.41) is 0. The maximum absolute atomic E-state index is 6.16. The molecule has 0 aromatic rings. The number of nitrogens with two attached hydrogens (primary N) is 1. The van der Waals surface area contributed by atoms with Crippen molar-refractivity contribution in [3.05, 3.63) is 0 Å². The highest BCUT2D eigenvalue weighted by Crippen LogP contribution is 2.35. The van der Waals surface area contributed by atoms with Crippen LogP contribution in [0.5, 0.6) is 0 Å². The number of piperidine rings is 1. The molecule has 1 saturated carbocycles. The van der Waals surface area contributed by atoms with Gasteiger partial charge in [0.25, 0.3) is 0 Å². The third-order valence-corrected chi connectivity index (χ3v) is 3.77. The van der Waals surface area contributed by atoms with Crippen LogP contribution in [-0.4, -0.2) is 29.1 Å². The van der Waals surface area contributed by atoms with Crippen LogP contribution in [0.3, 0.4) is 0 Å². The molecule has 1 aliphatic heterocycles. The highest BCUT2D eigenvalue weighted by Gasteiger charge is 2.41. The van der Waals surface area contributed by atoms with Gasteiger partial charge in [-0.25, -0.2) is 0 Å². The first-order valence-corrected chi connectivity index (χ1v) is 5.65. The van der Waals surface area contributed by atoms with Gasteiger partial charge in [-0.2, -0.15) is 0 Å². The number of rotatable bonds is 2. The van der Waals surface area contributed by atoms with E-state index in [1.54, 1.807) is 0 Å². The highest BCUT2D eigenvalue weighted by molar-refractivity contribution is 5.02. The van der Waals surface area contributed by atoms with Gasteiger partial charge in [0.2, 0.25) is 0 Å². The fraction of sp³-hybridized carbons (Fsp3) is 1.00. The van der Waals surface area contributed by atoms with E-state index in [-0.39, 0.29) is 5.54 Å². The zero-order valence-electron chi connectivity index (χ0n) is 8.92. The largest absolute Gasteiger partial charge is 0.324 e. The second-order valence-corrected chi connectivity index (χ2v) is 5.16. The Morgan fingerprint density at radius 2 is 1.77 bits per heavy atom. The van der Waals surface area contributed by atoms with Crippen molar-refractivity contribution >= 4 is 0 Å². The average Bonchev–Trinajstić information content (AvgIpc) is 2.78. The Morgan fingerprint density at radius 1 is 1.23 bits per heavy atom. The smallest absolute Gasteiger partial charge is 0.0285 e. The third kappa shape index (κ3) is 2.05. The molecule has 2 aliphatic rings. The molecule has 13 heavy (non-hydrogen) atoms. The van der Waals surface area contributed by atoms with E-state index in [0.717, 1.165) is 18.6 Å². The van der Waals surface area contributed by atoms with Crippen molar-refractivity contribution in [2.45, 2.75) is 63.6 Å². The van der Waals surface area contributed by atoms with Gasteiger partial charge in [0.05, 0.1) is 0 Å². The van der Waals surface area contributed by atoms with Gasteiger partial charge in [-0.3, -0.25) is 4.90 Å². The Bertz CT molecular complexity index is 177. The summed E-state index contributed by atoms with van der Waals surface area (Å²) < 4.78 is 0. The Labute approximate surface area is 81.5 Å². The van der Waals surface area contributed by atoms with E-state index >= 15 is 0 Å². The van der Waals surface area contributed by atoms with Crippen molar-refractivity contribution in [1.29, 1.82) is 0 Å². The van der Waals surface area contributed by atoms with Gasteiger partial charge in [0, 0.05) is 24.2 Å². The predicted octanol–water partition coefficient (Wildman–Crippen LogP) is 1.74. The van der Waals surface area contributed by atoms with E-state index < -0.39 is 0 Å². The van der Waals surface area contributed by atoms with Gasteiger partial charge < -0.3 is 5.73 Å². The molecular formula is C11H22N2. The zero-order valence-corrected chi connectivity index (χ0v) is 8.92.